The smallest absolute Gasteiger partial charge is 0.245 e. The first-order chi connectivity index (χ1) is 13.4. The van der Waals surface area contributed by atoms with Gasteiger partial charge in [0, 0.05) is 25.6 Å². The van der Waals surface area contributed by atoms with E-state index >= 15 is 0 Å². The summed E-state index contributed by atoms with van der Waals surface area (Å²) in [6.45, 7) is 10.4. The van der Waals surface area contributed by atoms with E-state index in [0.29, 0.717) is 18.4 Å². The molecule has 2 N–H and O–H groups in total. The van der Waals surface area contributed by atoms with Crippen LogP contribution in [-0.4, -0.2) is 47.5 Å². The van der Waals surface area contributed by atoms with Crippen molar-refractivity contribution in [3.05, 3.63) is 35.9 Å². The average Bonchev–Trinajstić information content (AvgIpc) is 2.98. The predicted octanol–water partition coefficient (Wildman–Crippen LogP) is 3.67. The molecule has 0 radical (unpaired) electrons. The van der Waals surface area contributed by atoms with Crippen molar-refractivity contribution in [2.75, 3.05) is 19.7 Å². The van der Waals surface area contributed by atoms with Gasteiger partial charge in [-0.3, -0.25) is 9.80 Å². The third kappa shape index (κ3) is 6.33. The lowest BCUT2D eigenvalue weighted by atomic mass is 9.84. The van der Waals surface area contributed by atoms with E-state index in [-0.39, 0.29) is 24.5 Å². The molecule has 0 spiro atoms. The minimum atomic E-state index is -0.252. The second-order valence-electron chi connectivity index (χ2n) is 8.62. The molecule has 0 fully saturated rings. The average molecular weight is 388 g/mol. The standard InChI is InChI=1S/C23H37N3O2/c1-17(2)15-20-21(19-11-7-5-8-12-19)25-26(16-18(3)4)22(20)23(28)24-13-9-6-10-14-27/h5,7-8,11-12,17-18,20,22,27H,6,9-10,13-16H2,1-4H3,(H,24,28). The summed E-state index contributed by atoms with van der Waals surface area (Å²) in [5.41, 5.74) is 2.15. The number of nitrogens with zero attached hydrogens (tertiary/aromatic N) is 2. The third-order valence-corrected chi connectivity index (χ3v) is 5.04. The fourth-order valence-electron chi connectivity index (χ4n) is 3.84. The van der Waals surface area contributed by atoms with E-state index in [1.807, 2.05) is 23.2 Å². The summed E-state index contributed by atoms with van der Waals surface area (Å²) in [6, 6.07) is 10.0. The van der Waals surface area contributed by atoms with Gasteiger partial charge in [0.25, 0.3) is 0 Å². The zero-order valence-corrected chi connectivity index (χ0v) is 17.9. The molecule has 0 saturated heterocycles. The van der Waals surface area contributed by atoms with Gasteiger partial charge in [-0.2, -0.15) is 5.10 Å². The number of benzene rings is 1. The maximum Gasteiger partial charge on any atom is 0.245 e. The van der Waals surface area contributed by atoms with E-state index in [0.717, 1.165) is 43.5 Å². The lowest BCUT2D eigenvalue weighted by Crippen LogP contribution is -2.48. The predicted molar refractivity (Wildman–Crippen MR) is 115 cm³/mol. The fourth-order valence-corrected chi connectivity index (χ4v) is 3.84. The molecule has 0 saturated carbocycles. The summed E-state index contributed by atoms with van der Waals surface area (Å²) < 4.78 is 0. The first kappa shape index (κ1) is 22.4. The van der Waals surface area contributed by atoms with E-state index < -0.39 is 0 Å². The number of hydrogen-bond acceptors (Lipinski definition) is 4. The number of aliphatic hydroxyl groups excluding tert-OH is 1. The Hall–Kier alpha value is -1.88. The highest BCUT2D eigenvalue weighted by Gasteiger charge is 2.42. The molecule has 2 atom stereocenters. The Labute approximate surface area is 170 Å². The molecular weight excluding hydrogens is 350 g/mol. The van der Waals surface area contributed by atoms with Crippen LogP contribution in [0.25, 0.3) is 0 Å². The molecular formula is C23H37N3O2. The monoisotopic (exact) mass is 387 g/mol. The number of nitrogens with one attached hydrogen (secondary N) is 1. The summed E-state index contributed by atoms with van der Waals surface area (Å²) in [5.74, 6) is 1.08. The number of carbonyl (C=O) groups is 1. The molecule has 5 heteroatoms. The van der Waals surface area contributed by atoms with Crippen LogP contribution in [0.2, 0.25) is 0 Å². The Balaban J connectivity index is 2.21. The molecule has 2 unspecified atom stereocenters. The molecule has 156 valence electrons. The summed E-state index contributed by atoms with van der Waals surface area (Å²) >= 11 is 0. The zero-order valence-electron chi connectivity index (χ0n) is 17.9. The van der Waals surface area contributed by atoms with Gasteiger partial charge < -0.3 is 10.4 Å². The molecule has 0 aliphatic carbocycles. The maximum absolute atomic E-state index is 13.2. The molecule has 2 rings (SSSR count). The van der Waals surface area contributed by atoms with E-state index in [9.17, 15) is 4.79 Å². The number of rotatable bonds is 11. The van der Waals surface area contributed by atoms with E-state index in [4.69, 9.17) is 10.2 Å². The van der Waals surface area contributed by atoms with Gasteiger partial charge in [-0.15, -0.1) is 0 Å². The van der Waals surface area contributed by atoms with Crippen LogP contribution in [0.3, 0.4) is 0 Å². The number of hydrogen-bond donors (Lipinski definition) is 2. The molecule has 1 amide bonds. The second-order valence-corrected chi connectivity index (χ2v) is 8.62. The fraction of sp³-hybridized carbons (Fsp3) is 0.652. The van der Waals surface area contributed by atoms with E-state index in [1.165, 1.54) is 0 Å². The van der Waals surface area contributed by atoms with Crippen LogP contribution in [0.5, 0.6) is 0 Å². The summed E-state index contributed by atoms with van der Waals surface area (Å²) in [7, 11) is 0. The van der Waals surface area contributed by atoms with Gasteiger partial charge in [0.05, 0.1) is 5.71 Å². The van der Waals surface area contributed by atoms with Gasteiger partial charge in [0.1, 0.15) is 6.04 Å². The molecule has 1 aliphatic heterocycles. The highest BCUT2D eigenvalue weighted by molar-refractivity contribution is 6.06. The molecule has 1 heterocycles. The molecule has 28 heavy (non-hydrogen) atoms. The largest absolute Gasteiger partial charge is 0.396 e. The normalized spacial score (nSPS) is 19.4. The summed E-state index contributed by atoms with van der Waals surface area (Å²) in [6.07, 6.45) is 3.55. The van der Waals surface area contributed by atoms with Crippen molar-refractivity contribution in [2.24, 2.45) is 22.9 Å². The van der Waals surface area contributed by atoms with Crippen molar-refractivity contribution in [3.63, 3.8) is 0 Å². The maximum atomic E-state index is 13.2. The molecule has 0 bridgehead atoms. The molecule has 1 aliphatic rings. The van der Waals surface area contributed by atoms with Crippen molar-refractivity contribution >= 4 is 11.6 Å². The number of carbonyl (C=O) groups excluding carboxylic acids is 1. The highest BCUT2D eigenvalue weighted by Crippen LogP contribution is 2.32. The van der Waals surface area contributed by atoms with Crippen molar-refractivity contribution in [2.45, 2.75) is 59.4 Å². The van der Waals surface area contributed by atoms with Crippen molar-refractivity contribution in [1.82, 2.24) is 10.3 Å². The topological polar surface area (TPSA) is 64.9 Å². The van der Waals surface area contributed by atoms with Crippen LogP contribution in [0.4, 0.5) is 0 Å². The lowest BCUT2D eigenvalue weighted by molar-refractivity contribution is -0.127. The Morgan fingerprint density at radius 2 is 1.82 bits per heavy atom. The first-order valence-corrected chi connectivity index (χ1v) is 10.7. The minimum absolute atomic E-state index is 0.0741. The lowest BCUT2D eigenvalue weighted by Gasteiger charge is -2.29. The van der Waals surface area contributed by atoms with Crippen LogP contribution < -0.4 is 5.32 Å². The van der Waals surface area contributed by atoms with Crippen LogP contribution >= 0.6 is 0 Å². The Kier molecular flexibility index (Phi) is 8.97. The van der Waals surface area contributed by atoms with Crippen LogP contribution in [0, 0.1) is 17.8 Å². The van der Waals surface area contributed by atoms with Gasteiger partial charge in [-0.05, 0) is 43.1 Å². The van der Waals surface area contributed by atoms with Crippen molar-refractivity contribution in [1.29, 1.82) is 0 Å². The Morgan fingerprint density at radius 3 is 2.43 bits per heavy atom. The van der Waals surface area contributed by atoms with Crippen LogP contribution in [0.15, 0.2) is 35.4 Å². The Bertz CT molecular complexity index is 628. The van der Waals surface area contributed by atoms with E-state index in [2.05, 4.69) is 45.1 Å². The van der Waals surface area contributed by atoms with Gasteiger partial charge >= 0.3 is 0 Å². The second kappa shape index (κ2) is 11.2. The first-order valence-electron chi connectivity index (χ1n) is 10.7. The van der Waals surface area contributed by atoms with E-state index in [1.54, 1.807) is 0 Å². The highest BCUT2D eigenvalue weighted by atomic mass is 16.2. The number of unbranched alkanes of at least 4 members (excludes halogenated alkanes) is 2. The number of amides is 1. The van der Waals surface area contributed by atoms with Gasteiger partial charge in [0.15, 0.2) is 0 Å². The zero-order chi connectivity index (χ0) is 20.5. The van der Waals surface area contributed by atoms with Gasteiger partial charge in [0.2, 0.25) is 5.91 Å². The van der Waals surface area contributed by atoms with Gasteiger partial charge in [-0.25, -0.2) is 0 Å². The molecule has 5 nitrogen and oxygen atoms in total. The summed E-state index contributed by atoms with van der Waals surface area (Å²) in [4.78, 5) is 13.2. The third-order valence-electron chi connectivity index (χ3n) is 5.04. The minimum Gasteiger partial charge on any atom is -0.396 e. The van der Waals surface area contributed by atoms with Crippen LogP contribution in [-0.2, 0) is 4.79 Å². The van der Waals surface area contributed by atoms with Crippen LogP contribution in [0.1, 0.15) is 58.9 Å². The number of aliphatic hydroxyl groups is 1. The Morgan fingerprint density at radius 1 is 1.11 bits per heavy atom. The van der Waals surface area contributed by atoms with Crippen molar-refractivity contribution in [3.8, 4) is 0 Å². The molecule has 0 aromatic heterocycles. The molecule has 1 aromatic rings. The molecule has 1 aromatic carbocycles. The summed E-state index contributed by atoms with van der Waals surface area (Å²) in [5, 5.41) is 19.0. The van der Waals surface area contributed by atoms with Gasteiger partial charge in [-0.1, -0.05) is 58.0 Å². The van der Waals surface area contributed by atoms with Crippen molar-refractivity contribution < 1.29 is 9.90 Å². The number of hydrazone groups is 1. The SMILES string of the molecule is CC(C)CC1C(c2ccccc2)=NN(CC(C)C)C1C(=O)NCCCCCO. The quantitative estimate of drug-likeness (QED) is 0.569.